The molecule has 2 aromatic carbocycles. The molecule has 9 heteroatoms. The molecule has 1 aliphatic rings. The smallest absolute Gasteiger partial charge is 0.243 e. The van der Waals surface area contributed by atoms with E-state index in [9.17, 15) is 12.8 Å². The van der Waals surface area contributed by atoms with Gasteiger partial charge in [0.25, 0.3) is 0 Å². The van der Waals surface area contributed by atoms with Gasteiger partial charge in [0.2, 0.25) is 10.0 Å². The summed E-state index contributed by atoms with van der Waals surface area (Å²) < 4.78 is 45.3. The first-order chi connectivity index (χ1) is 14.5. The van der Waals surface area contributed by atoms with Crippen LogP contribution in [0.15, 0.2) is 58.8 Å². The second-order valence-electron chi connectivity index (χ2n) is 6.99. The summed E-state index contributed by atoms with van der Waals surface area (Å²) in [5.74, 6) is 0.344. The lowest BCUT2D eigenvalue weighted by Gasteiger charge is -2.33. The Hall–Kier alpha value is -2.33. The average Bonchev–Trinajstić information content (AvgIpc) is 3.23. The SMILES string of the molecule is COc1cccc(-c2csc(CN3CCN(S(=O)(=O)c4ccc(F)cc4)CC3)n2)c1. The number of hydrogen-bond donors (Lipinski definition) is 0. The van der Waals surface area contributed by atoms with Crippen molar-refractivity contribution in [2.24, 2.45) is 0 Å². The molecule has 0 N–H and O–H groups in total. The van der Waals surface area contributed by atoms with E-state index in [1.54, 1.807) is 18.4 Å². The van der Waals surface area contributed by atoms with E-state index in [1.165, 1.54) is 28.6 Å². The molecule has 0 atom stereocenters. The first kappa shape index (κ1) is 20.9. The number of halogens is 1. The Labute approximate surface area is 179 Å². The number of hydrogen-bond acceptors (Lipinski definition) is 6. The molecule has 6 nitrogen and oxygen atoms in total. The summed E-state index contributed by atoms with van der Waals surface area (Å²) in [5.41, 5.74) is 1.92. The third-order valence-electron chi connectivity index (χ3n) is 5.06. The molecule has 0 spiro atoms. The number of rotatable bonds is 6. The number of sulfonamides is 1. The average molecular weight is 448 g/mol. The second-order valence-corrected chi connectivity index (χ2v) is 9.87. The molecule has 158 valence electrons. The van der Waals surface area contributed by atoms with Gasteiger partial charge in [0.1, 0.15) is 16.6 Å². The van der Waals surface area contributed by atoms with Crippen molar-refractivity contribution in [3.05, 3.63) is 64.7 Å². The molecule has 0 aliphatic carbocycles. The van der Waals surface area contributed by atoms with Gasteiger partial charge in [-0.2, -0.15) is 4.31 Å². The topological polar surface area (TPSA) is 62.7 Å². The molecular formula is C21H22FN3O3S2. The molecule has 1 fully saturated rings. The van der Waals surface area contributed by atoms with Gasteiger partial charge in [0, 0.05) is 37.1 Å². The standard InChI is InChI=1S/C21H22FN3O3S2/c1-28-18-4-2-3-16(13-18)20-15-29-21(23-20)14-24-9-11-25(12-10-24)30(26,27)19-7-5-17(22)6-8-19/h2-8,13,15H,9-12,14H2,1H3. The van der Waals surface area contributed by atoms with E-state index in [2.05, 4.69) is 4.90 Å². The predicted octanol–water partition coefficient (Wildman–Crippen LogP) is 3.46. The van der Waals surface area contributed by atoms with Gasteiger partial charge in [0.15, 0.2) is 0 Å². The van der Waals surface area contributed by atoms with Gasteiger partial charge in [-0.3, -0.25) is 4.90 Å². The Balaban J connectivity index is 1.37. The quantitative estimate of drug-likeness (QED) is 0.579. The van der Waals surface area contributed by atoms with Gasteiger partial charge < -0.3 is 4.74 Å². The second kappa shape index (κ2) is 8.81. The molecule has 0 unspecified atom stereocenters. The third-order valence-corrected chi connectivity index (χ3v) is 7.81. The summed E-state index contributed by atoms with van der Waals surface area (Å²) in [6, 6.07) is 12.8. The Bertz CT molecular complexity index is 1110. The van der Waals surface area contributed by atoms with Gasteiger partial charge in [-0.15, -0.1) is 11.3 Å². The van der Waals surface area contributed by atoms with Crippen LogP contribution in [0.2, 0.25) is 0 Å². The van der Waals surface area contributed by atoms with Crippen LogP contribution in [0.3, 0.4) is 0 Å². The van der Waals surface area contributed by atoms with E-state index < -0.39 is 15.8 Å². The Morgan fingerprint density at radius 2 is 1.83 bits per heavy atom. The first-order valence-electron chi connectivity index (χ1n) is 9.52. The minimum absolute atomic E-state index is 0.125. The Morgan fingerprint density at radius 3 is 2.53 bits per heavy atom. The van der Waals surface area contributed by atoms with Crippen molar-refractivity contribution in [2.45, 2.75) is 11.4 Å². The zero-order valence-electron chi connectivity index (χ0n) is 16.5. The third kappa shape index (κ3) is 4.54. The number of piperazine rings is 1. The molecule has 0 radical (unpaired) electrons. The Morgan fingerprint density at radius 1 is 1.10 bits per heavy atom. The molecule has 30 heavy (non-hydrogen) atoms. The Kier molecular flexibility index (Phi) is 6.14. The molecule has 1 aliphatic heterocycles. The highest BCUT2D eigenvalue weighted by atomic mass is 32.2. The highest BCUT2D eigenvalue weighted by Gasteiger charge is 2.28. The summed E-state index contributed by atoms with van der Waals surface area (Å²) in [6.07, 6.45) is 0. The number of methoxy groups -OCH3 is 1. The maximum atomic E-state index is 13.1. The van der Waals surface area contributed by atoms with Crippen molar-refractivity contribution < 1.29 is 17.5 Å². The van der Waals surface area contributed by atoms with E-state index in [0.29, 0.717) is 32.7 Å². The van der Waals surface area contributed by atoms with Crippen molar-refractivity contribution >= 4 is 21.4 Å². The summed E-state index contributed by atoms with van der Waals surface area (Å²) >= 11 is 1.60. The normalized spacial score (nSPS) is 15.9. The fraction of sp³-hybridized carbons (Fsp3) is 0.286. The first-order valence-corrected chi connectivity index (χ1v) is 11.8. The van der Waals surface area contributed by atoms with E-state index in [0.717, 1.165) is 22.0 Å². The highest BCUT2D eigenvalue weighted by molar-refractivity contribution is 7.89. The lowest BCUT2D eigenvalue weighted by molar-refractivity contribution is 0.181. The highest BCUT2D eigenvalue weighted by Crippen LogP contribution is 2.26. The lowest BCUT2D eigenvalue weighted by atomic mass is 10.2. The van der Waals surface area contributed by atoms with Crippen LogP contribution in [0.1, 0.15) is 5.01 Å². The van der Waals surface area contributed by atoms with Gasteiger partial charge in [0.05, 0.1) is 24.2 Å². The van der Waals surface area contributed by atoms with Crippen molar-refractivity contribution in [2.75, 3.05) is 33.3 Å². The molecule has 0 amide bonds. The van der Waals surface area contributed by atoms with Gasteiger partial charge >= 0.3 is 0 Å². The van der Waals surface area contributed by atoms with Crippen molar-refractivity contribution in [1.82, 2.24) is 14.2 Å². The number of thiazole rings is 1. The minimum atomic E-state index is -3.60. The summed E-state index contributed by atoms with van der Waals surface area (Å²) in [7, 11) is -1.96. The van der Waals surface area contributed by atoms with E-state index in [4.69, 9.17) is 9.72 Å². The summed E-state index contributed by atoms with van der Waals surface area (Å²) in [6.45, 7) is 2.71. The van der Waals surface area contributed by atoms with Crippen LogP contribution >= 0.6 is 11.3 Å². The van der Waals surface area contributed by atoms with Gasteiger partial charge in [-0.05, 0) is 36.4 Å². The number of aromatic nitrogens is 1. The minimum Gasteiger partial charge on any atom is -0.497 e. The molecule has 0 saturated carbocycles. The fourth-order valence-electron chi connectivity index (χ4n) is 3.37. The van der Waals surface area contributed by atoms with Gasteiger partial charge in [-0.1, -0.05) is 12.1 Å². The number of benzene rings is 2. The van der Waals surface area contributed by atoms with Crippen LogP contribution < -0.4 is 4.74 Å². The molecule has 2 heterocycles. The van der Waals surface area contributed by atoms with Crippen LogP contribution in [0.5, 0.6) is 5.75 Å². The number of nitrogens with zero attached hydrogens (tertiary/aromatic N) is 3. The lowest BCUT2D eigenvalue weighted by Crippen LogP contribution is -2.48. The van der Waals surface area contributed by atoms with Gasteiger partial charge in [-0.25, -0.2) is 17.8 Å². The van der Waals surface area contributed by atoms with Crippen LogP contribution in [0.4, 0.5) is 4.39 Å². The predicted molar refractivity (Wildman–Crippen MR) is 115 cm³/mol. The molecule has 1 aromatic heterocycles. The molecular weight excluding hydrogens is 425 g/mol. The van der Waals surface area contributed by atoms with Crippen LogP contribution in [-0.2, 0) is 16.6 Å². The molecule has 0 bridgehead atoms. The van der Waals surface area contributed by atoms with Crippen molar-refractivity contribution in [1.29, 1.82) is 0 Å². The monoisotopic (exact) mass is 447 g/mol. The van der Waals surface area contributed by atoms with Crippen LogP contribution in [0.25, 0.3) is 11.3 Å². The fourth-order valence-corrected chi connectivity index (χ4v) is 5.64. The zero-order valence-corrected chi connectivity index (χ0v) is 18.1. The van der Waals surface area contributed by atoms with Crippen LogP contribution in [-0.4, -0.2) is 55.9 Å². The maximum absolute atomic E-state index is 13.1. The van der Waals surface area contributed by atoms with Crippen LogP contribution in [0, 0.1) is 5.82 Å². The maximum Gasteiger partial charge on any atom is 0.243 e. The zero-order chi connectivity index (χ0) is 21.1. The van der Waals surface area contributed by atoms with E-state index in [-0.39, 0.29) is 4.90 Å². The molecule has 1 saturated heterocycles. The number of ether oxygens (including phenoxy) is 1. The largest absolute Gasteiger partial charge is 0.497 e. The summed E-state index contributed by atoms with van der Waals surface area (Å²) in [4.78, 5) is 7.05. The van der Waals surface area contributed by atoms with Crippen molar-refractivity contribution in [3.8, 4) is 17.0 Å². The van der Waals surface area contributed by atoms with Crippen molar-refractivity contribution in [3.63, 3.8) is 0 Å². The molecule has 4 rings (SSSR count). The van der Waals surface area contributed by atoms with E-state index >= 15 is 0 Å². The molecule has 3 aromatic rings. The summed E-state index contributed by atoms with van der Waals surface area (Å²) in [5, 5.41) is 3.02. The van der Waals surface area contributed by atoms with E-state index in [1.807, 2.05) is 29.6 Å².